The molecule has 3 aromatic heterocycles. The van der Waals surface area contributed by atoms with Gasteiger partial charge >= 0.3 is 0 Å². The Hall–Kier alpha value is -1.76. The quantitative estimate of drug-likeness (QED) is 0.513. The lowest BCUT2D eigenvalue weighted by Crippen LogP contribution is -1.90. The summed E-state index contributed by atoms with van der Waals surface area (Å²) >= 11 is 5.04. The van der Waals surface area contributed by atoms with Gasteiger partial charge in [-0.3, -0.25) is 9.50 Å². The molecule has 0 aromatic carbocycles. The molecule has 0 aliphatic carbocycles. The molecule has 0 aliphatic rings. The number of nitrogens with one attached hydrogen (secondary N) is 2. The fourth-order valence-corrected chi connectivity index (χ4v) is 1.50. The summed E-state index contributed by atoms with van der Waals surface area (Å²) < 4.78 is 2.14. The van der Waals surface area contributed by atoms with Gasteiger partial charge in [0, 0.05) is 0 Å². The average molecular weight is 192 g/mol. The van der Waals surface area contributed by atoms with E-state index < -0.39 is 0 Å². The number of aromatic amines is 2. The average Bonchev–Trinajstić information content (AvgIpc) is 2.66. The Bertz CT molecular complexity index is 631. The number of fused-ring (bicyclic) bond motifs is 3. The van der Waals surface area contributed by atoms with Crippen LogP contribution in [0.2, 0.25) is 0 Å². The minimum absolute atomic E-state index is 0.448. The molecule has 2 N–H and O–H groups in total. The summed E-state index contributed by atoms with van der Waals surface area (Å²) in [7, 11) is 0. The highest BCUT2D eigenvalue weighted by atomic mass is 32.1. The van der Waals surface area contributed by atoms with E-state index in [1.165, 1.54) is 0 Å². The summed E-state index contributed by atoms with van der Waals surface area (Å²) in [5, 5.41) is 6.70. The molecular weight excluding hydrogens is 188 g/mol. The van der Waals surface area contributed by atoms with Crippen molar-refractivity contribution in [3.63, 3.8) is 0 Å². The summed E-state index contributed by atoms with van der Waals surface area (Å²) in [5.74, 6) is 0. The minimum atomic E-state index is 0.448. The first kappa shape index (κ1) is 6.72. The van der Waals surface area contributed by atoms with Crippen molar-refractivity contribution in [2.75, 3.05) is 0 Å². The number of imidazole rings is 1. The first-order valence-corrected chi connectivity index (χ1v) is 4.02. The number of rotatable bonds is 0. The molecule has 13 heavy (non-hydrogen) atoms. The molecule has 0 fully saturated rings. The first-order valence-electron chi connectivity index (χ1n) is 3.61. The van der Waals surface area contributed by atoms with Gasteiger partial charge in [0.2, 0.25) is 4.77 Å². The van der Waals surface area contributed by atoms with E-state index in [4.69, 9.17) is 12.2 Å². The van der Waals surface area contributed by atoms with E-state index in [0.717, 1.165) is 11.2 Å². The van der Waals surface area contributed by atoms with Crippen LogP contribution in [0.4, 0.5) is 0 Å². The Balaban J connectivity index is 2.79. The van der Waals surface area contributed by atoms with Gasteiger partial charge in [0.25, 0.3) is 0 Å². The van der Waals surface area contributed by atoms with Crippen LogP contribution in [0.25, 0.3) is 16.8 Å². The van der Waals surface area contributed by atoms with Gasteiger partial charge in [0.15, 0.2) is 11.3 Å². The lowest BCUT2D eigenvalue weighted by Gasteiger charge is -1.91. The Labute approximate surface area is 76.6 Å². The Morgan fingerprint density at radius 2 is 2.38 bits per heavy atom. The van der Waals surface area contributed by atoms with Crippen LogP contribution in [0.1, 0.15) is 0 Å². The monoisotopic (exact) mass is 192 g/mol. The third-order valence-corrected chi connectivity index (χ3v) is 2.14. The van der Waals surface area contributed by atoms with Crippen LogP contribution in [0, 0.1) is 4.77 Å². The fraction of sp³-hybridized carbons (Fsp3) is 0. The maximum atomic E-state index is 5.04. The zero-order chi connectivity index (χ0) is 8.84. The SMILES string of the molecule is S=c1nc2nc[nH]c2c2[nH]ncn12. The lowest BCUT2D eigenvalue weighted by molar-refractivity contribution is 1.06. The zero-order valence-corrected chi connectivity index (χ0v) is 7.17. The molecule has 7 heteroatoms. The van der Waals surface area contributed by atoms with Crippen molar-refractivity contribution in [2.24, 2.45) is 0 Å². The van der Waals surface area contributed by atoms with E-state index in [9.17, 15) is 0 Å². The topological polar surface area (TPSA) is 74.7 Å². The van der Waals surface area contributed by atoms with E-state index in [0.29, 0.717) is 10.4 Å². The van der Waals surface area contributed by atoms with Gasteiger partial charge in [-0.05, 0) is 12.2 Å². The molecule has 0 saturated heterocycles. The van der Waals surface area contributed by atoms with Gasteiger partial charge < -0.3 is 4.98 Å². The number of H-pyrrole nitrogens is 2. The molecule has 6 nitrogen and oxygen atoms in total. The van der Waals surface area contributed by atoms with Gasteiger partial charge in [-0.1, -0.05) is 0 Å². The van der Waals surface area contributed by atoms with Crippen LogP contribution in [-0.4, -0.2) is 29.5 Å². The first-order chi connectivity index (χ1) is 6.36. The van der Waals surface area contributed by atoms with Crippen molar-refractivity contribution >= 4 is 29.0 Å². The van der Waals surface area contributed by atoms with Crippen molar-refractivity contribution in [1.29, 1.82) is 0 Å². The molecule has 3 aromatic rings. The molecule has 0 saturated carbocycles. The molecule has 64 valence electrons. The third-order valence-electron chi connectivity index (χ3n) is 1.85. The largest absolute Gasteiger partial charge is 0.340 e. The highest BCUT2D eigenvalue weighted by molar-refractivity contribution is 7.71. The minimum Gasteiger partial charge on any atom is -0.340 e. The third kappa shape index (κ3) is 0.760. The van der Waals surface area contributed by atoms with Gasteiger partial charge in [-0.2, -0.15) is 10.1 Å². The van der Waals surface area contributed by atoms with Crippen LogP contribution in [0.5, 0.6) is 0 Å². The Morgan fingerprint density at radius 3 is 3.31 bits per heavy atom. The van der Waals surface area contributed by atoms with Gasteiger partial charge in [0.05, 0.1) is 6.33 Å². The summed E-state index contributed by atoms with van der Waals surface area (Å²) in [6.07, 6.45) is 3.16. The molecule has 0 bridgehead atoms. The van der Waals surface area contributed by atoms with Gasteiger partial charge in [-0.25, -0.2) is 4.98 Å². The van der Waals surface area contributed by atoms with Crippen molar-refractivity contribution in [2.45, 2.75) is 0 Å². The lowest BCUT2D eigenvalue weighted by atomic mass is 10.5. The van der Waals surface area contributed by atoms with Gasteiger partial charge in [0.1, 0.15) is 11.8 Å². The second-order valence-corrected chi connectivity index (χ2v) is 2.94. The maximum absolute atomic E-state index is 5.04. The summed E-state index contributed by atoms with van der Waals surface area (Å²) in [4.78, 5) is 11.1. The predicted molar refractivity (Wildman–Crippen MR) is 47.8 cm³/mol. The molecule has 0 atom stereocenters. The van der Waals surface area contributed by atoms with E-state index in [2.05, 4.69) is 25.1 Å². The molecule has 0 radical (unpaired) electrons. The van der Waals surface area contributed by atoms with E-state index in [-0.39, 0.29) is 0 Å². The molecule has 0 unspecified atom stereocenters. The number of hydrogen-bond acceptors (Lipinski definition) is 4. The standard InChI is InChI=1S/C6H4N6S/c13-6-10-4-3(7-1-8-4)5-11-9-2-12(5)6/h1-2,11H,(H,7,8,10,13). The zero-order valence-electron chi connectivity index (χ0n) is 6.35. The van der Waals surface area contributed by atoms with Crippen molar-refractivity contribution < 1.29 is 0 Å². The van der Waals surface area contributed by atoms with Crippen LogP contribution in [0.3, 0.4) is 0 Å². The van der Waals surface area contributed by atoms with Crippen LogP contribution >= 0.6 is 12.2 Å². The smallest absolute Gasteiger partial charge is 0.208 e. The van der Waals surface area contributed by atoms with Crippen LogP contribution < -0.4 is 0 Å². The van der Waals surface area contributed by atoms with Gasteiger partial charge in [-0.15, -0.1) is 0 Å². The van der Waals surface area contributed by atoms with Crippen molar-refractivity contribution in [3.8, 4) is 0 Å². The van der Waals surface area contributed by atoms with Crippen molar-refractivity contribution in [1.82, 2.24) is 29.5 Å². The van der Waals surface area contributed by atoms with E-state index in [1.54, 1.807) is 17.1 Å². The van der Waals surface area contributed by atoms with E-state index >= 15 is 0 Å². The highest BCUT2D eigenvalue weighted by Gasteiger charge is 2.05. The van der Waals surface area contributed by atoms with Crippen LogP contribution in [-0.2, 0) is 0 Å². The predicted octanol–water partition coefficient (Wildman–Crippen LogP) is 0.663. The fourth-order valence-electron chi connectivity index (χ4n) is 1.27. The van der Waals surface area contributed by atoms with E-state index in [1.807, 2.05) is 0 Å². The molecule has 0 amide bonds. The van der Waals surface area contributed by atoms with Crippen molar-refractivity contribution in [3.05, 3.63) is 17.4 Å². The second kappa shape index (κ2) is 2.13. The molecule has 3 rings (SSSR count). The summed E-state index contributed by atoms with van der Waals surface area (Å²) in [6.45, 7) is 0. The Morgan fingerprint density at radius 1 is 1.46 bits per heavy atom. The van der Waals surface area contributed by atoms with Crippen LogP contribution in [0.15, 0.2) is 12.7 Å². The number of hydrogen-bond donors (Lipinski definition) is 2. The maximum Gasteiger partial charge on any atom is 0.208 e. The molecule has 0 spiro atoms. The molecule has 3 heterocycles. The highest BCUT2D eigenvalue weighted by Crippen LogP contribution is 2.11. The number of aromatic nitrogens is 6. The molecular formula is C6H4N6S. The normalized spacial score (nSPS) is 11.4. The molecule has 0 aliphatic heterocycles. The Kier molecular flexibility index (Phi) is 1.10. The summed E-state index contributed by atoms with van der Waals surface area (Å²) in [6, 6.07) is 0. The summed E-state index contributed by atoms with van der Waals surface area (Å²) in [5.41, 5.74) is 2.20. The second-order valence-electron chi connectivity index (χ2n) is 2.57. The number of nitrogens with zero attached hydrogens (tertiary/aromatic N) is 4.